The summed E-state index contributed by atoms with van der Waals surface area (Å²) in [5.41, 5.74) is 2.19. The van der Waals surface area contributed by atoms with E-state index in [1.807, 2.05) is 24.0 Å². The summed E-state index contributed by atoms with van der Waals surface area (Å²) in [7, 11) is 0. The molecule has 28 heavy (non-hydrogen) atoms. The Kier molecular flexibility index (Phi) is 5.76. The van der Waals surface area contributed by atoms with Gasteiger partial charge in [-0.25, -0.2) is 9.97 Å². The molecule has 1 aliphatic heterocycles. The second-order valence-electron chi connectivity index (χ2n) is 7.20. The van der Waals surface area contributed by atoms with Crippen molar-refractivity contribution in [3.8, 4) is 11.4 Å². The molecule has 1 aliphatic rings. The molecule has 5 nitrogen and oxygen atoms in total. The molecule has 0 aliphatic carbocycles. The van der Waals surface area contributed by atoms with Crippen molar-refractivity contribution >= 4 is 17.2 Å². The van der Waals surface area contributed by atoms with Crippen molar-refractivity contribution < 1.29 is 4.79 Å². The average Bonchev–Trinajstić information content (AvgIpc) is 3.26. The zero-order valence-electron chi connectivity index (χ0n) is 16.0. The summed E-state index contributed by atoms with van der Waals surface area (Å²) in [4.78, 5) is 29.8. The van der Waals surface area contributed by atoms with Crippen molar-refractivity contribution in [1.29, 1.82) is 0 Å². The molecule has 0 saturated carbocycles. The van der Waals surface area contributed by atoms with Gasteiger partial charge in [-0.3, -0.25) is 9.78 Å². The molecule has 144 valence electrons. The molecule has 1 amide bonds. The summed E-state index contributed by atoms with van der Waals surface area (Å²) in [6, 6.07) is 8.34. The number of pyridine rings is 1. The third-order valence-corrected chi connectivity index (χ3v) is 6.26. The van der Waals surface area contributed by atoms with Gasteiger partial charge in [0.2, 0.25) is 0 Å². The summed E-state index contributed by atoms with van der Waals surface area (Å²) in [5, 5.41) is 2.11. The molecular weight excluding hydrogens is 368 g/mol. The van der Waals surface area contributed by atoms with Crippen LogP contribution in [-0.2, 0) is 6.42 Å². The molecule has 1 fully saturated rings. The maximum Gasteiger partial charge on any atom is 0.257 e. The first-order valence-corrected chi connectivity index (χ1v) is 10.7. The Bertz CT molecular complexity index is 927. The molecule has 1 unspecified atom stereocenters. The molecule has 1 saturated heterocycles. The number of aromatic nitrogens is 3. The minimum Gasteiger partial charge on any atom is -0.336 e. The van der Waals surface area contributed by atoms with Gasteiger partial charge in [-0.15, -0.1) is 11.3 Å². The zero-order valence-corrected chi connectivity index (χ0v) is 16.9. The Morgan fingerprint density at radius 3 is 2.93 bits per heavy atom. The van der Waals surface area contributed by atoms with Crippen LogP contribution in [0, 0.1) is 6.92 Å². The van der Waals surface area contributed by atoms with E-state index in [2.05, 4.69) is 32.5 Å². The van der Waals surface area contributed by atoms with Crippen molar-refractivity contribution in [2.75, 3.05) is 6.54 Å². The second-order valence-corrected chi connectivity index (χ2v) is 8.23. The van der Waals surface area contributed by atoms with E-state index < -0.39 is 0 Å². The highest BCUT2D eigenvalue weighted by Crippen LogP contribution is 2.25. The quantitative estimate of drug-likeness (QED) is 0.640. The molecule has 4 heterocycles. The molecular formula is C22H24N4OS. The highest BCUT2D eigenvalue weighted by atomic mass is 32.1. The van der Waals surface area contributed by atoms with Crippen LogP contribution in [0.2, 0.25) is 0 Å². The average molecular weight is 393 g/mol. The predicted molar refractivity (Wildman–Crippen MR) is 111 cm³/mol. The van der Waals surface area contributed by atoms with Crippen LogP contribution in [0.3, 0.4) is 0 Å². The van der Waals surface area contributed by atoms with Gasteiger partial charge in [-0.2, -0.15) is 0 Å². The van der Waals surface area contributed by atoms with Gasteiger partial charge in [0.1, 0.15) is 0 Å². The minimum absolute atomic E-state index is 0.0612. The molecule has 3 aromatic rings. The van der Waals surface area contributed by atoms with E-state index in [1.54, 1.807) is 29.9 Å². The first-order chi connectivity index (χ1) is 13.7. The van der Waals surface area contributed by atoms with Crippen molar-refractivity contribution in [3.05, 3.63) is 64.4 Å². The molecule has 1 atom stereocenters. The highest BCUT2D eigenvalue weighted by molar-refractivity contribution is 7.09. The number of carbonyl (C=O) groups excluding carboxylic acids is 1. The van der Waals surface area contributed by atoms with E-state index >= 15 is 0 Å². The fourth-order valence-electron chi connectivity index (χ4n) is 3.80. The standard InChI is InChI=1S/C22H24N4OS/c1-16-20(15-24-21(25-16)17-6-4-11-23-14-17)22(27)26-12-3-2-7-18(26)9-10-19-8-5-13-28-19/h4-6,8,11,13-15,18H,2-3,7,9-10,12H2,1H3. The highest BCUT2D eigenvalue weighted by Gasteiger charge is 2.28. The topological polar surface area (TPSA) is 59.0 Å². The van der Waals surface area contributed by atoms with E-state index in [9.17, 15) is 4.79 Å². The van der Waals surface area contributed by atoms with Crippen LogP contribution in [0.5, 0.6) is 0 Å². The first kappa shape index (κ1) is 18.7. The van der Waals surface area contributed by atoms with Gasteiger partial charge in [0.15, 0.2) is 5.82 Å². The van der Waals surface area contributed by atoms with E-state index in [1.165, 1.54) is 11.3 Å². The zero-order chi connectivity index (χ0) is 19.3. The summed E-state index contributed by atoms with van der Waals surface area (Å²) in [6.45, 7) is 2.71. The third kappa shape index (κ3) is 4.12. The second kappa shape index (κ2) is 8.61. The van der Waals surface area contributed by atoms with Gasteiger partial charge >= 0.3 is 0 Å². The number of rotatable bonds is 5. The van der Waals surface area contributed by atoms with Gasteiger partial charge in [0.05, 0.1) is 11.3 Å². The molecule has 0 N–H and O–H groups in total. The van der Waals surface area contributed by atoms with Crippen molar-refractivity contribution in [3.63, 3.8) is 0 Å². The summed E-state index contributed by atoms with van der Waals surface area (Å²) < 4.78 is 0. The fourth-order valence-corrected chi connectivity index (χ4v) is 4.52. The number of hydrogen-bond acceptors (Lipinski definition) is 5. The Balaban J connectivity index is 1.51. The maximum absolute atomic E-state index is 13.3. The van der Waals surface area contributed by atoms with Crippen molar-refractivity contribution in [1.82, 2.24) is 19.9 Å². The molecule has 0 spiro atoms. The number of piperidine rings is 1. The lowest BCUT2D eigenvalue weighted by atomic mass is 9.96. The monoisotopic (exact) mass is 392 g/mol. The van der Waals surface area contributed by atoms with Crippen LogP contribution in [0.1, 0.15) is 46.6 Å². The lowest BCUT2D eigenvalue weighted by Gasteiger charge is -2.36. The fraction of sp³-hybridized carbons (Fsp3) is 0.364. The van der Waals surface area contributed by atoms with Crippen LogP contribution in [0.4, 0.5) is 0 Å². The van der Waals surface area contributed by atoms with Gasteiger partial charge in [-0.05, 0) is 62.6 Å². The lowest BCUT2D eigenvalue weighted by molar-refractivity contribution is 0.0600. The van der Waals surface area contributed by atoms with E-state index in [0.29, 0.717) is 17.4 Å². The van der Waals surface area contributed by atoms with E-state index in [4.69, 9.17) is 0 Å². The number of nitrogens with zero attached hydrogens (tertiary/aromatic N) is 4. The minimum atomic E-state index is 0.0612. The predicted octanol–water partition coefficient (Wildman–Crippen LogP) is 4.54. The largest absolute Gasteiger partial charge is 0.336 e. The summed E-state index contributed by atoms with van der Waals surface area (Å²) in [6.07, 6.45) is 10.5. The number of likely N-dealkylation sites (tertiary alicyclic amines) is 1. The number of hydrogen-bond donors (Lipinski definition) is 0. The third-order valence-electron chi connectivity index (χ3n) is 5.32. The van der Waals surface area contributed by atoms with E-state index in [-0.39, 0.29) is 5.91 Å². The smallest absolute Gasteiger partial charge is 0.257 e. The number of carbonyl (C=O) groups is 1. The summed E-state index contributed by atoms with van der Waals surface area (Å²) >= 11 is 1.79. The molecule has 0 bridgehead atoms. The van der Waals surface area contributed by atoms with E-state index in [0.717, 1.165) is 43.5 Å². The lowest BCUT2D eigenvalue weighted by Crippen LogP contribution is -2.44. The molecule has 3 aromatic heterocycles. The van der Waals surface area contributed by atoms with Gasteiger partial charge in [0.25, 0.3) is 5.91 Å². The van der Waals surface area contributed by atoms with Crippen LogP contribution >= 0.6 is 11.3 Å². The van der Waals surface area contributed by atoms with Crippen LogP contribution < -0.4 is 0 Å². The Morgan fingerprint density at radius 1 is 1.25 bits per heavy atom. The normalized spacial score (nSPS) is 16.9. The van der Waals surface area contributed by atoms with Gasteiger partial charge in [0, 0.05) is 41.6 Å². The SMILES string of the molecule is Cc1nc(-c2cccnc2)ncc1C(=O)N1CCCCC1CCc1cccs1. The van der Waals surface area contributed by atoms with Gasteiger partial charge < -0.3 is 4.90 Å². The number of thiophene rings is 1. The number of amides is 1. The first-order valence-electron chi connectivity index (χ1n) is 9.80. The molecule has 0 radical (unpaired) electrons. The molecule has 0 aromatic carbocycles. The number of aryl methyl sites for hydroxylation is 2. The molecule has 4 rings (SSSR count). The Morgan fingerprint density at radius 2 is 2.18 bits per heavy atom. The van der Waals surface area contributed by atoms with Gasteiger partial charge in [-0.1, -0.05) is 6.07 Å². The Hall–Kier alpha value is -2.60. The van der Waals surface area contributed by atoms with Crippen LogP contribution in [-0.4, -0.2) is 38.3 Å². The summed E-state index contributed by atoms with van der Waals surface area (Å²) in [5.74, 6) is 0.668. The Labute approximate surface area is 169 Å². The van der Waals surface area contributed by atoms with Crippen molar-refractivity contribution in [2.45, 2.75) is 45.1 Å². The maximum atomic E-state index is 13.3. The molecule has 6 heteroatoms. The van der Waals surface area contributed by atoms with Crippen molar-refractivity contribution in [2.24, 2.45) is 0 Å². The van der Waals surface area contributed by atoms with Crippen LogP contribution in [0.15, 0.2) is 48.2 Å². The van der Waals surface area contributed by atoms with Crippen LogP contribution in [0.25, 0.3) is 11.4 Å².